The van der Waals surface area contributed by atoms with Crippen molar-refractivity contribution >= 4 is 17.7 Å². The zero-order valence-corrected chi connectivity index (χ0v) is 8.22. The minimum atomic E-state index is -0.661. The van der Waals surface area contributed by atoms with Gasteiger partial charge in [-0.15, -0.1) is 0 Å². The number of rotatable bonds is 3. The Hall–Kier alpha value is -0.690. The summed E-state index contributed by atoms with van der Waals surface area (Å²) in [6.45, 7) is 0. The fourth-order valence-electron chi connectivity index (χ4n) is 1.73. The molecule has 1 saturated carbocycles. The van der Waals surface area contributed by atoms with Crippen molar-refractivity contribution in [3.05, 3.63) is 0 Å². The van der Waals surface area contributed by atoms with Crippen LogP contribution in [0.4, 0.5) is 0 Å². The van der Waals surface area contributed by atoms with Crippen LogP contribution in [0.3, 0.4) is 0 Å². The molecule has 0 spiro atoms. The quantitative estimate of drug-likeness (QED) is 0.707. The Morgan fingerprint density at radius 1 is 1.46 bits per heavy atom. The second kappa shape index (κ2) is 5.13. The molecule has 3 nitrogen and oxygen atoms in total. The van der Waals surface area contributed by atoms with Crippen LogP contribution < -0.4 is 0 Å². The Balaban J connectivity index is 2.23. The van der Waals surface area contributed by atoms with Crippen molar-refractivity contribution in [1.82, 2.24) is 0 Å². The van der Waals surface area contributed by atoms with Gasteiger partial charge in [0, 0.05) is 5.75 Å². The number of nitriles is 1. The highest BCUT2D eigenvalue weighted by Gasteiger charge is 2.25. The molecule has 0 amide bonds. The number of thioether (sulfide) groups is 1. The average Bonchev–Trinajstić information content (AvgIpc) is 2.15. The van der Waals surface area contributed by atoms with Crippen LogP contribution in [0.25, 0.3) is 0 Å². The first-order chi connectivity index (χ1) is 6.24. The summed E-state index contributed by atoms with van der Waals surface area (Å²) in [7, 11) is 0. The van der Waals surface area contributed by atoms with Crippen LogP contribution in [0.15, 0.2) is 0 Å². The molecule has 0 unspecified atom stereocenters. The minimum Gasteiger partial charge on any atom is -0.481 e. The van der Waals surface area contributed by atoms with Crippen molar-refractivity contribution in [3.63, 3.8) is 0 Å². The molecule has 0 aromatic heterocycles. The molecule has 13 heavy (non-hydrogen) atoms. The number of carboxylic acids is 1. The maximum Gasteiger partial charge on any atom is 0.306 e. The molecule has 1 rings (SSSR count). The third-order valence-electron chi connectivity index (χ3n) is 2.58. The van der Waals surface area contributed by atoms with E-state index in [1.165, 1.54) is 11.8 Å². The van der Waals surface area contributed by atoms with Crippen molar-refractivity contribution < 1.29 is 9.90 Å². The topological polar surface area (TPSA) is 61.1 Å². The lowest BCUT2D eigenvalue weighted by Crippen LogP contribution is -2.22. The van der Waals surface area contributed by atoms with Crippen LogP contribution >= 0.6 is 11.8 Å². The van der Waals surface area contributed by atoms with Gasteiger partial charge >= 0.3 is 5.97 Å². The summed E-state index contributed by atoms with van der Waals surface area (Å²) in [4.78, 5) is 10.6. The maximum absolute atomic E-state index is 10.6. The van der Waals surface area contributed by atoms with E-state index < -0.39 is 5.97 Å². The van der Waals surface area contributed by atoms with E-state index in [0.29, 0.717) is 5.92 Å². The molecule has 1 aliphatic carbocycles. The minimum absolute atomic E-state index is 0.136. The molecule has 0 radical (unpaired) electrons. The predicted molar refractivity (Wildman–Crippen MR) is 51.2 cm³/mol. The molecular weight excluding hydrogens is 186 g/mol. The Kier molecular flexibility index (Phi) is 4.10. The van der Waals surface area contributed by atoms with Crippen molar-refractivity contribution in [3.8, 4) is 5.40 Å². The summed E-state index contributed by atoms with van der Waals surface area (Å²) in [6, 6.07) is 0. The van der Waals surface area contributed by atoms with Gasteiger partial charge in [-0.3, -0.25) is 4.79 Å². The number of hydrogen-bond donors (Lipinski definition) is 1. The lowest BCUT2D eigenvalue weighted by Gasteiger charge is -2.24. The molecule has 0 atom stereocenters. The molecule has 0 aromatic carbocycles. The van der Waals surface area contributed by atoms with Crippen LogP contribution in [0.2, 0.25) is 0 Å². The standard InChI is InChI=1S/C9H13NO2S/c10-6-13-5-7-1-3-8(4-2-7)9(11)12/h7-8H,1-5H2,(H,11,12)/t7-,8-. The van der Waals surface area contributed by atoms with Gasteiger partial charge in [0.25, 0.3) is 0 Å². The molecule has 0 saturated heterocycles. The molecular formula is C9H13NO2S. The van der Waals surface area contributed by atoms with E-state index in [9.17, 15) is 4.79 Å². The summed E-state index contributed by atoms with van der Waals surface area (Å²) >= 11 is 1.28. The first-order valence-corrected chi connectivity index (χ1v) is 5.46. The smallest absolute Gasteiger partial charge is 0.306 e. The number of nitrogens with zero attached hydrogens (tertiary/aromatic N) is 1. The van der Waals surface area contributed by atoms with Crippen molar-refractivity contribution in [2.45, 2.75) is 25.7 Å². The second-order valence-corrected chi connectivity index (χ2v) is 4.26. The molecule has 1 aliphatic rings. The molecule has 1 fully saturated rings. The van der Waals surface area contributed by atoms with Crippen LogP contribution in [0.1, 0.15) is 25.7 Å². The molecule has 1 N–H and O–H groups in total. The highest BCUT2D eigenvalue weighted by molar-refractivity contribution is 8.03. The number of hydrogen-bond acceptors (Lipinski definition) is 3. The van der Waals surface area contributed by atoms with E-state index in [4.69, 9.17) is 10.4 Å². The summed E-state index contributed by atoms with van der Waals surface area (Å²) in [6.07, 6.45) is 3.50. The van der Waals surface area contributed by atoms with Crippen molar-refractivity contribution in [2.75, 3.05) is 5.75 Å². The number of aliphatic carboxylic acids is 1. The summed E-state index contributed by atoms with van der Waals surface area (Å²) in [5.74, 6) is 0.623. The summed E-state index contributed by atoms with van der Waals surface area (Å²) in [5, 5.41) is 19.1. The lowest BCUT2D eigenvalue weighted by molar-refractivity contribution is -0.143. The first-order valence-electron chi connectivity index (χ1n) is 4.47. The van der Waals surface area contributed by atoms with E-state index in [2.05, 4.69) is 0 Å². The third kappa shape index (κ3) is 3.27. The predicted octanol–water partition coefficient (Wildman–Crippen LogP) is 2.09. The summed E-state index contributed by atoms with van der Waals surface area (Å²) in [5.41, 5.74) is 0. The van der Waals surface area contributed by atoms with Gasteiger partial charge in [0.1, 0.15) is 5.40 Å². The largest absolute Gasteiger partial charge is 0.481 e. The van der Waals surface area contributed by atoms with Crippen LogP contribution in [-0.4, -0.2) is 16.8 Å². The van der Waals surface area contributed by atoms with Gasteiger partial charge in [0.15, 0.2) is 0 Å². The van der Waals surface area contributed by atoms with E-state index in [0.717, 1.165) is 31.4 Å². The third-order valence-corrected chi connectivity index (χ3v) is 3.35. The first kappa shape index (κ1) is 10.4. The fourth-order valence-corrected chi connectivity index (χ4v) is 2.37. The average molecular weight is 199 g/mol. The Labute approximate surface area is 82.1 Å². The van der Waals surface area contributed by atoms with Gasteiger partial charge in [0.2, 0.25) is 0 Å². The van der Waals surface area contributed by atoms with Gasteiger partial charge in [-0.25, -0.2) is 0 Å². The Bertz CT molecular complexity index is 216. The zero-order valence-electron chi connectivity index (χ0n) is 7.40. The van der Waals surface area contributed by atoms with E-state index in [-0.39, 0.29) is 5.92 Å². The Morgan fingerprint density at radius 3 is 2.54 bits per heavy atom. The van der Waals surface area contributed by atoms with Gasteiger partial charge in [-0.1, -0.05) is 0 Å². The SMILES string of the molecule is N#CSC[C@H]1CC[C@H](C(=O)O)CC1. The van der Waals surface area contributed by atoms with Gasteiger partial charge in [0.05, 0.1) is 5.92 Å². The highest BCUT2D eigenvalue weighted by Crippen LogP contribution is 2.30. The van der Waals surface area contributed by atoms with Crippen LogP contribution in [0.5, 0.6) is 0 Å². The van der Waals surface area contributed by atoms with Gasteiger partial charge < -0.3 is 5.11 Å². The molecule has 0 aromatic rings. The maximum atomic E-state index is 10.6. The van der Waals surface area contributed by atoms with Crippen LogP contribution in [-0.2, 0) is 4.79 Å². The van der Waals surface area contributed by atoms with Gasteiger partial charge in [-0.05, 0) is 43.4 Å². The van der Waals surface area contributed by atoms with Gasteiger partial charge in [-0.2, -0.15) is 5.26 Å². The Morgan fingerprint density at radius 2 is 2.08 bits per heavy atom. The monoisotopic (exact) mass is 199 g/mol. The molecule has 72 valence electrons. The van der Waals surface area contributed by atoms with E-state index in [1.807, 2.05) is 5.40 Å². The summed E-state index contributed by atoms with van der Waals surface area (Å²) < 4.78 is 0. The van der Waals surface area contributed by atoms with E-state index >= 15 is 0 Å². The normalized spacial score (nSPS) is 27.9. The highest BCUT2D eigenvalue weighted by atomic mass is 32.2. The van der Waals surface area contributed by atoms with Crippen molar-refractivity contribution in [2.24, 2.45) is 11.8 Å². The van der Waals surface area contributed by atoms with Crippen LogP contribution in [0, 0.1) is 22.5 Å². The number of thiocyanates is 1. The van der Waals surface area contributed by atoms with E-state index in [1.54, 1.807) is 0 Å². The molecule has 0 aliphatic heterocycles. The molecule has 0 heterocycles. The lowest BCUT2D eigenvalue weighted by atomic mass is 9.83. The zero-order chi connectivity index (χ0) is 9.68. The second-order valence-electron chi connectivity index (χ2n) is 3.46. The van der Waals surface area contributed by atoms with Crippen molar-refractivity contribution in [1.29, 1.82) is 5.26 Å². The molecule has 4 heteroatoms. The fraction of sp³-hybridized carbons (Fsp3) is 0.778. The molecule has 0 bridgehead atoms. The number of carbonyl (C=O) groups is 1. The number of carboxylic acid groups (broad SMARTS) is 1.